The molecule has 1 aliphatic heterocycles. The topological polar surface area (TPSA) is 35.6 Å². The molecule has 4 nitrogen and oxygen atoms in total. The van der Waals surface area contributed by atoms with Gasteiger partial charge in [-0.2, -0.15) is 0 Å². The molecule has 0 aromatic heterocycles. The first-order chi connectivity index (χ1) is 13.7. The van der Waals surface area contributed by atoms with E-state index in [1.165, 1.54) is 19.3 Å². The molecule has 0 saturated carbocycles. The number of benzene rings is 2. The zero-order valence-electron chi connectivity index (χ0n) is 16.8. The maximum absolute atomic E-state index is 12.9. The smallest absolute Gasteiger partial charge is 0.320 e. The average molecular weight is 378 g/mol. The van der Waals surface area contributed by atoms with Crippen molar-refractivity contribution in [3.63, 3.8) is 0 Å². The van der Waals surface area contributed by atoms with Crippen LogP contribution in [-0.4, -0.2) is 48.6 Å². The Balaban J connectivity index is 1.61. The van der Waals surface area contributed by atoms with Crippen LogP contribution in [0.1, 0.15) is 30.4 Å². The van der Waals surface area contributed by atoms with Crippen LogP contribution in [0.5, 0.6) is 0 Å². The molecule has 1 fully saturated rings. The Hall–Kier alpha value is -2.59. The first-order valence-corrected chi connectivity index (χ1v) is 10.3. The van der Waals surface area contributed by atoms with Gasteiger partial charge in [0.25, 0.3) is 0 Å². The molecule has 0 aliphatic carbocycles. The standard InChI is InChI=1S/C24H31N3O/c1-21-10-8-14-23(20-21)25-24(28)27(19-18-26-15-6-3-7-16-26)17-9-13-22-11-4-2-5-12-22/h2,4-5,8-14,20H,3,6-7,15-19H2,1H3,(H,25,28)/b13-9+. The molecule has 0 bridgehead atoms. The normalized spacial score (nSPS) is 14.9. The monoisotopic (exact) mass is 377 g/mol. The largest absolute Gasteiger partial charge is 0.322 e. The summed E-state index contributed by atoms with van der Waals surface area (Å²) in [6, 6.07) is 18.1. The summed E-state index contributed by atoms with van der Waals surface area (Å²) in [5, 5.41) is 3.05. The summed E-state index contributed by atoms with van der Waals surface area (Å²) in [6.45, 7) is 6.59. The third-order valence-corrected chi connectivity index (χ3v) is 5.13. The van der Waals surface area contributed by atoms with E-state index in [0.29, 0.717) is 6.54 Å². The van der Waals surface area contributed by atoms with E-state index in [1.807, 2.05) is 54.3 Å². The van der Waals surface area contributed by atoms with Gasteiger partial charge < -0.3 is 15.1 Å². The number of hydrogen-bond acceptors (Lipinski definition) is 2. The predicted molar refractivity (Wildman–Crippen MR) is 118 cm³/mol. The molecule has 0 radical (unpaired) electrons. The third kappa shape index (κ3) is 6.54. The number of anilines is 1. The van der Waals surface area contributed by atoms with Gasteiger partial charge in [0, 0.05) is 25.3 Å². The molecule has 1 N–H and O–H groups in total. The number of likely N-dealkylation sites (tertiary alicyclic amines) is 1. The maximum Gasteiger partial charge on any atom is 0.322 e. The van der Waals surface area contributed by atoms with Gasteiger partial charge in [0.2, 0.25) is 0 Å². The molecule has 0 spiro atoms. The number of amides is 2. The zero-order chi connectivity index (χ0) is 19.6. The van der Waals surface area contributed by atoms with Crippen LogP contribution in [0.3, 0.4) is 0 Å². The third-order valence-electron chi connectivity index (χ3n) is 5.13. The summed E-state index contributed by atoms with van der Waals surface area (Å²) in [6.07, 6.45) is 8.01. The molecule has 2 aromatic carbocycles. The van der Waals surface area contributed by atoms with Crippen LogP contribution in [0.4, 0.5) is 10.5 Å². The number of rotatable bonds is 7. The first-order valence-electron chi connectivity index (χ1n) is 10.3. The fourth-order valence-electron chi connectivity index (χ4n) is 3.53. The number of urea groups is 1. The Kier molecular flexibility index (Phi) is 7.68. The van der Waals surface area contributed by atoms with Crippen LogP contribution in [0.15, 0.2) is 60.7 Å². The Morgan fingerprint density at radius 2 is 1.86 bits per heavy atom. The van der Waals surface area contributed by atoms with Crippen LogP contribution in [0, 0.1) is 6.92 Å². The summed E-state index contributed by atoms with van der Waals surface area (Å²) < 4.78 is 0. The second kappa shape index (κ2) is 10.7. The first kappa shape index (κ1) is 20.2. The molecular weight excluding hydrogens is 346 g/mol. The van der Waals surface area contributed by atoms with Crippen LogP contribution in [0.25, 0.3) is 6.08 Å². The maximum atomic E-state index is 12.9. The minimum atomic E-state index is -0.0414. The molecule has 1 heterocycles. The van der Waals surface area contributed by atoms with Gasteiger partial charge in [0.1, 0.15) is 0 Å². The van der Waals surface area contributed by atoms with Crippen molar-refractivity contribution in [2.24, 2.45) is 0 Å². The minimum Gasteiger partial charge on any atom is -0.320 e. The van der Waals surface area contributed by atoms with Gasteiger partial charge in [0.05, 0.1) is 0 Å². The number of nitrogens with zero attached hydrogens (tertiary/aromatic N) is 2. The van der Waals surface area contributed by atoms with Gasteiger partial charge in [0.15, 0.2) is 0 Å². The molecular formula is C24H31N3O. The van der Waals surface area contributed by atoms with Gasteiger partial charge in [-0.05, 0) is 56.1 Å². The van der Waals surface area contributed by atoms with E-state index >= 15 is 0 Å². The number of carbonyl (C=O) groups excluding carboxylic acids is 1. The fraction of sp³-hybridized carbons (Fsp3) is 0.375. The highest BCUT2D eigenvalue weighted by Crippen LogP contribution is 2.12. The van der Waals surface area contributed by atoms with Crippen molar-refractivity contribution in [1.82, 2.24) is 9.80 Å². The Morgan fingerprint density at radius 3 is 2.61 bits per heavy atom. The number of carbonyl (C=O) groups is 1. The van der Waals surface area contributed by atoms with Crippen LogP contribution in [-0.2, 0) is 0 Å². The quantitative estimate of drug-likeness (QED) is 0.735. The highest BCUT2D eigenvalue weighted by atomic mass is 16.2. The summed E-state index contributed by atoms with van der Waals surface area (Å²) in [4.78, 5) is 17.3. The molecule has 2 aromatic rings. The molecule has 1 saturated heterocycles. The molecule has 28 heavy (non-hydrogen) atoms. The number of aryl methyl sites for hydroxylation is 1. The number of piperidine rings is 1. The van der Waals surface area contributed by atoms with E-state index in [-0.39, 0.29) is 6.03 Å². The summed E-state index contributed by atoms with van der Waals surface area (Å²) in [5.41, 5.74) is 3.14. The zero-order valence-corrected chi connectivity index (χ0v) is 16.8. The highest BCUT2D eigenvalue weighted by Gasteiger charge is 2.16. The molecule has 1 aliphatic rings. The molecule has 4 heteroatoms. The minimum absolute atomic E-state index is 0.0414. The van der Waals surface area contributed by atoms with Crippen molar-refractivity contribution >= 4 is 17.8 Å². The van der Waals surface area contributed by atoms with Crippen LogP contribution in [0.2, 0.25) is 0 Å². The van der Waals surface area contributed by atoms with Crippen molar-refractivity contribution < 1.29 is 4.79 Å². The van der Waals surface area contributed by atoms with E-state index in [1.54, 1.807) is 0 Å². The van der Waals surface area contributed by atoms with E-state index in [2.05, 4.69) is 34.5 Å². The van der Waals surface area contributed by atoms with Gasteiger partial charge >= 0.3 is 6.03 Å². The summed E-state index contributed by atoms with van der Waals surface area (Å²) in [5.74, 6) is 0. The van der Waals surface area contributed by atoms with E-state index in [0.717, 1.165) is 43.0 Å². The molecule has 148 valence electrons. The van der Waals surface area contributed by atoms with Crippen molar-refractivity contribution in [2.45, 2.75) is 26.2 Å². The van der Waals surface area contributed by atoms with Crippen molar-refractivity contribution in [1.29, 1.82) is 0 Å². The lowest BCUT2D eigenvalue weighted by atomic mass is 10.1. The van der Waals surface area contributed by atoms with Crippen molar-refractivity contribution in [3.05, 3.63) is 71.8 Å². The van der Waals surface area contributed by atoms with E-state index in [4.69, 9.17) is 0 Å². The van der Waals surface area contributed by atoms with Gasteiger partial charge in [-0.1, -0.05) is 61.0 Å². The average Bonchev–Trinajstić information content (AvgIpc) is 2.72. The molecule has 2 amide bonds. The van der Waals surface area contributed by atoms with Crippen LogP contribution >= 0.6 is 0 Å². The summed E-state index contributed by atoms with van der Waals surface area (Å²) in [7, 11) is 0. The van der Waals surface area contributed by atoms with Gasteiger partial charge in [-0.3, -0.25) is 0 Å². The lowest BCUT2D eigenvalue weighted by Crippen LogP contribution is -2.42. The second-order valence-corrected chi connectivity index (χ2v) is 7.46. The van der Waals surface area contributed by atoms with E-state index < -0.39 is 0 Å². The SMILES string of the molecule is Cc1cccc(NC(=O)N(C/C=C/c2ccccc2)CCN2CCCCC2)c1. The molecule has 0 unspecified atom stereocenters. The Labute approximate surface area is 168 Å². The Bertz CT molecular complexity index is 766. The lowest BCUT2D eigenvalue weighted by Gasteiger charge is -2.29. The highest BCUT2D eigenvalue weighted by molar-refractivity contribution is 5.89. The van der Waals surface area contributed by atoms with Gasteiger partial charge in [-0.25, -0.2) is 4.79 Å². The summed E-state index contributed by atoms with van der Waals surface area (Å²) >= 11 is 0. The number of hydrogen-bond donors (Lipinski definition) is 1. The number of nitrogens with one attached hydrogen (secondary N) is 1. The van der Waals surface area contributed by atoms with Crippen LogP contribution < -0.4 is 5.32 Å². The Morgan fingerprint density at radius 1 is 1.07 bits per heavy atom. The molecule has 0 atom stereocenters. The van der Waals surface area contributed by atoms with Crippen molar-refractivity contribution in [3.8, 4) is 0 Å². The van der Waals surface area contributed by atoms with E-state index in [9.17, 15) is 4.79 Å². The second-order valence-electron chi connectivity index (χ2n) is 7.46. The lowest BCUT2D eigenvalue weighted by molar-refractivity contribution is 0.186. The fourth-order valence-corrected chi connectivity index (χ4v) is 3.53. The van der Waals surface area contributed by atoms with Gasteiger partial charge in [-0.15, -0.1) is 0 Å². The molecule has 3 rings (SSSR count). The predicted octanol–water partition coefficient (Wildman–Crippen LogP) is 5.03. The van der Waals surface area contributed by atoms with Crippen molar-refractivity contribution in [2.75, 3.05) is 38.0 Å².